The summed E-state index contributed by atoms with van der Waals surface area (Å²) >= 11 is 0. The second-order valence-corrected chi connectivity index (χ2v) is 4.11. The number of hydrogen-bond donors (Lipinski definition) is 1. The van der Waals surface area contributed by atoms with E-state index in [-0.39, 0.29) is 0 Å². The lowest BCUT2D eigenvalue weighted by Crippen LogP contribution is -2.51. The molecule has 0 amide bonds. The third kappa shape index (κ3) is 2.50. The Kier molecular flexibility index (Phi) is 3.09. The van der Waals surface area contributed by atoms with E-state index in [1.54, 1.807) is 30.3 Å². The molecule has 0 radical (unpaired) electrons. The molecule has 4 heteroatoms. The second-order valence-electron chi connectivity index (χ2n) is 4.11. The van der Waals surface area contributed by atoms with Crippen LogP contribution in [0, 0.1) is 0 Å². The molecule has 84 valence electrons. The molecule has 1 nitrogen and oxygen atoms in total. The van der Waals surface area contributed by atoms with Crippen LogP contribution in [0.4, 0.5) is 13.2 Å². The molecule has 0 heterocycles. The summed E-state index contributed by atoms with van der Waals surface area (Å²) in [5.41, 5.74) is 4.72. The lowest BCUT2D eigenvalue weighted by atomic mass is 9.78. The van der Waals surface area contributed by atoms with E-state index in [0.717, 1.165) is 0 Å². The highest BCUT2D eigenvalue weighted by Gasteiger charge is 2.46. The van der Waals surface area contributed by atoms with Crippen LogP contribution < -0.4 is 5.73 Å². The van der Waals surface area contributed by atoms with Gasteiger partial charge in [0.15, 0.2) is 0 Å². The van der Waals surface area contributed by atoms with Crippen molar-refractivity contribution in [2.24, 2.45) is 5.73 Å². The van der Waals surface area contributed by atoms with Crippen LogP contribution in [0.5, 0.6) is 0 Å². The van der Waals surface area contributed by atoms with Crippen molar-refractivity contribution < 1.29 is 13.2 Å². The summed E-state index contributed by atoms with van der Waals surface area (Å²) in [5.74, 6) is 0. The summed E-state index contributed by atoms with van der Waals surface area (Å²) in [4.78, 5) is 0. The normalized spacial score (nSPS) is 15.1. The fraction of sp³-hybridized carbons (Fsp3) is 0.455. The van der Waals surface area contributed by atoms with E-state index in [4.69, 9.17) is 5.73 Å². The summed E-state index contributed by atoms with van der Waals surface area (Å²) < 4.78 is 37.5. The maximum absolute atomic E-state index is 12.5. The molecular formula is C11H14F3N. The predicted molar refractivity (Wildman–Crippen MR) is 53.5 cm³/mol. The molecule has 1 atom stereocenters. The standard InChI is InChI=1S/C11H14F3N/c1-10(2,9(15)11(12,13)14)8-6-4-3-5-7-8/h3-7,9H,15H2,1-2H3. The van der Waals surface area contributed by atoms with Crippen LogP contribution in [0.1, 0.15) is 19.4 Å². The minimum absolute atomic E-state index is 0.592. The van der Waals surface area contributed by atoms with Crippen LogP contribution in [0.2, 0.25) is 0 Å². The minimum Gasteiger partial charge on any atom is -0.319 e. The summed E-state index contributed by atoms with van der Waals surface area (Å²) in [5, 5.41) is 0. The van der Waals surface area contributed by atoms with E-state index >= 15 is 0 Å². The molecule has 1 aromatic rings. The topological polar surface area (TPSA) is 26.0 Å². The average molecular weight is 217 g/mol. The van der Waals surface area contributed by atoms with Crippen molar-refractivity contribution in [2.75, 3.05) is 0 Å². The minimum atomic E-state index is -4.38. The van der Waals surface area contributed by atoms with Gasteiger partial charge in [-0.3, -0.25) is 0 Å². The Hall–Kier alpha value is -1.03. The molecule has 2 N–H and O–H groups in total. The Labute approximate surface area is 87.1 Å². The van der Waals surface area contributed by atoms with Crippen LogP contribution in [0.25, 0.3) is 0 Å². The first kappa shape index (κ1) is 12.0. The highest BCUT2D eigenvalue weighted by molar-refractivity contribution is 5.26. The molecule has 0 fully saturated rings. The van der Waals surface area contributed by atoms with Crippen LogP contribution in [0.3, 0.4) is 0 Å². The third-order valence-corrected chi connectivity index (χ3v) is 2.65. The Morgan fingerprint density at radius 1 is 1.07 bits per heavy atom. The van der Waals surface area contributed by atoms with E-state index in [0.29, 0.717) is 5.56 Å². The fourth-order valence-electron chi connectivity index (χ4n) is 1.46. The molecule has 0 aliphatic heterocycles. The first-order valence-electron chi connectivity index (χ1n) is 4.64. The molecule has 0 aliphatic rings. The molecule has 1 aromatic carbocycles. The van der Waals surface area contributed by atoms with E-state index in [9.17, 15) is 13.2 Å². The second kappa shape index (κ2) is 3.85. The highest BCUT2D eigenvalue weighted by Crippen LogP contribution is 2.34. The van der Waals surface area contributed by atoms with Crippen molar-refractivity contribution >= 4 is 0 Å². The van der Waals surface area contributed by atoms with Crippen molar-refractivity contribution in [1.82, 2.24) is 0 Å². The van der Waals surface area contributed by atoms with Crippen LogP contribution >= 0.6 is 0 Å². The number of nitrogens with two attached hydrogens (primary N) is 1. The Balaban J connectivity index is 3.03. The first-order chi connectivity index (χ1) is 6.76. The van der Waals surface area contributed by atoms with Crippen LogP contribution in [-0.4, -0.2) is 12.2 Å². The van der Waals surface area contributed by atoms with Gasteiger partial charge >= 0.3 is 6.18 Å². The van der Waals surface area contributed by atoms with Crippen molar-refractivity contribution in [3.8, 4) is 0 Å². The van der Waals surface area contributed by atoms with E-state index < -0.39 is 17.6 Å². The molecule has 0 aliphatic carbocycles. The zero-order chi connectivity index (χ0) is 11.7. The monoisotopic (exact) mass is 217 g/mol. The number of alkyl halides is 3. The van der Waals surface area contributed by atoms with Crippen LogP contribution in [0.15, 0.2) is 30.3 Å². The van der Waals surface area contributed by atoms with Gasteiger partial charge in [0, 0.05) is 5.41 Å². The van der Waals surface area contributed by atoms with Gasteiger partial charge in [-0.1, -0.05) is 44.2 Å². The highest BCUT2D eigenvalue weighted by atomic mass is 19.4. The maximum Gasteiger partial charge on any atom is 0.404 e. The SMILES string of the molecule is CC(C)(c1ccccc1)C(N)C(F)(F)F. The van der Waals surface area contributed by atoms with E-state index in [1.807, 2.05) is 0 Å². The lowest BCUT2D eigenvalue weighted by molar-refractivity contribution is -0.160. The zero-order valence-corrected chi connectivity index (χ0v) is 8.68. The summed E-state index contributed by atoms with van der Waals surface area (Å²) in [7, 11) is 0. The van der Waals surface area contributed by atoms with Gasteiger partial charge in [-0.2, -0.15) is 13.2 Å². The number of hydrogen-bond acceptors (Lipinski definition) is 1. The van der Waals surface area contributed by atoms with Gasteiger partial charge in [-0.25, -0.2) is 0 Å². The number of benzene rings is 1. The van der Waals surface area contributed by atoms with Crippen molar-refractivity contribution in [3.63, 3.8) is 0 Å². The van der Waals surface area contributed by atoms with Crippen molar-refractivity contribution in [2.45, 2.75) is 31.5 Å². The molecule has 0 saturated heterocycles. The van der Waals surface area contributed by atoms with Gasteiger partial charge in [0.25, 0.3) is 0 Å². The summed E-state index contributed by atoms with van der Waals surface area (Å²) in [6.45, 7) is 3.00. The third-order valence-electron chi connectivity index (χ3n) is 2.65. The zero-order valence-electron chi connectivity index (χ0n) is 8.68. The van der Waals surface area contributed by atoms with Gasteiger partial charge in [-0.05, 0) is 5.56 Å². The molecule has 0 spiro atoms. The van der Waals surface area contributed by atoms with Gasteiger partial charge in [-0.15, -0.1) is 0 Å². The number of halogens is 3. The lowest BCUT2D eigenvalue weighted by Gasteiger charge is -2.33. The molecule has 0 bridgehead atoms. The van der Waals surface area contributed by atoms with Gasteiger partial charge < -0.3 is 5.73 Å². The predicted octanol–water partition coefficient (Wildman–Crippen LogP) is 2.85. The van der Waals surface area contributed by atoms with Gasteiger partial charge in [0.2, 0.25) is 0 Å². The van der Waals surface area contributed by atoms with Gasteiger partial charge in [0.1, 0.15) is 6.04 Å². The average Bonchev–Trinajstić information content (AvgIpc) is 2.16. The first-order valence-corrected chi connectivity index (χ1v) is 4.64. The Morgan fingerprint density at radius 2 is 1.53 bits per heavy atom. The Morgan fingerprint density at radius 3 is 1.93 bits per heavy atom. The Bertz CT molecular complexity index is 316. The van der Waals surface area contributed by atoms with Crippen molar-refractivity contribution in [3.05, 3.63) is 35.9 Å². The van der Waals surface area contributed by atoms with E-state index in [2.05, 4.69) is 0 Å². The molecule has 1 unspecified atom stereocenters. The van der Waals surface area contributed by atoms with Crippen molar-refractivity contribution in [1.29, 1.82) is 0 Å². The molecular weight excluding hydrogens is 203 g/mol. The maximum atomic E-state index is 12.5. The molecule has 1 rings (SSSR count). The smallest absolute Gasteiger partial charge is 0.319 e. The summed E-state index contributed by atoms with van der Waals surface area (Å²) in [6, 6.07) is 6.64. The summed E-state index contributed by atoms with van der Waals surface area (Å²) in [6.07, 6.45) is -4.38. The number of rotatable bonds is 2. The molecule has 0 saturated carbocycles. The van der Waals surface area contributed by atoms with E-state index in [1.165, 1.54) is 13.8 Å². The largest absolute Gasteiger partial charge is 0.404 e. The quantitative estimate of drug-likeness (QED) is 0.809. The van der Waals surface area contributed by atoms with Crippen LogP contribution in [-0.2, 0) is 5.41 Å². The van der Waals surface area contributed by atoms with Gasteiger partial charge in [0.05, 0.1) is 0 Å². The molecule has 15 heavy (non-hydrogen) atoms. The fourth-order valence-corrected chi connectivity index (χ4v) is 1.46. The molecule has 0 aromatic heterocycles.